The van der Waals surface area contributed by atoms with Crippen molar-refractivity contribution in [2.24, 2.45) is 0 Å². The van der Waals surface area contributed by atoms with Crippen molar-refractivity contribution in [2.45, 2.75) is 31.4 Å². The fourth-order valence-corrected chi connectivity index (χ4v) is 3.31. The maximum absolute atomic E-state index is 12.7. The molecule has 1 heterocycles. The molecule has 1 aromatic carbocycles. The van der Waals surface area contributed by atoms with Crippen LogP contribution in [0, 0.1) is 0 Å². The number of rotatable bonds is 5. The van der Waals surface area contributed by atoms with E-state index in [4.69, 9.17) is 0 Å². The van der Waals surface area contributed by atoms with E-state index in [9.17, 15) is 26.3 Å². The zero-order chi connectivity index (χ0) is 18.7. The van der Waals surface area contributed by atoms with Gasteiger partial charge in [0, 0.05) is 43.1 Å². The van der Waals surface area contributed by atoms with Gasteiger partial charge in [0.25, 0.3) is 0 Å². The van der Waals surface area contributed by atoms with Gasteiger partial charge in [0.15, 0.2) is 0 Å². The van der Waals surface area contributed by atoms with Crippen molar-refractivity contribution >= 4 is 15.9 Å². The van der Waals surface area contributed by atoms with Crippen LogP contribution in [0.5, 0.6) is 5.75 Å². The van der Waals surface area contributed by atoms with Crippen LogP contribution >= 0.6 is 15.9 Å². The first-order valence-corrected chi connectivity index (χ1v) is 8.40. The fraction of sp³-hybridized carbons (Fsp3) is 0.600. The number of piperazine rings is 1. The first-order chi connectivity index (χ1) is 11.5. The predicted molar refractivity (Wildman–Crippen MR) is 83.3 cm³/mol. The third-order valence-corrected chi connectivity index (χ3v) is 4.26. The molecule has 25 heavy (non-hydrogen) atoms. The minimum Gasteiger partial charge on any atom is -0.406 e. The van der Waals surface area contributed by atoms with Crippen molar-refractivity contribution in [3.05, 3.63) is 28.2 Å². The topological polar surface area (TPSA) is 24.5 Å². The molecule has 0 radical (unpaired) electrons. The van der Waals surface area contributed by atoms with Gasteiger partial charge >= 0.3 is 12.5 Å². The van der Waals surface area contributed by atoms with Gasteiger partial charge in [-0.15, -0.1) is 13.2 Å². The molecule has 142 valence electrons. The third kappa shape index (κ3) is 7.02. The van der Waals surface area contributed by atoms with Gasteiger partial charge in [-0.05, 0) is 30.2 Å². The van der Waals surface area contributed by atoms with E-state index in [2.05, 4.69) is 26.0 Å². The van der Waals surface area contributed by atoms with E-state index >= 15 is 0 Å². The molecule has 0 aromatic heterocycles. The van der Waals surface area contributed by atoms with Crippen LogP contribution in [0.1, 0.15) is 24.4 Å². The highest BCUT2D eigenvalue weighted by Crippen LogP contribution is 2.36. The van der Waals surface area contributed by atoms with E-state index < -0.39 is 30.8 Å². The van der Waals surface area contributed by atoms with Crippen LogP contribution in [0.25, 0.3) is 0 Å². The summed E-state index contributed by atoms with van der Waals surface area (Å²) in [5.74, 6) is -0.455. The molecule has 0 aliphatic carbocycles. The van der Waals surface area contributed by atoms with Gasteiger partial charge in [-0.1, -0.05) is 15.9 Å². The summed E-state index contributed by atoms with van der Waals surface area (Å²) in [6.07, 6.45) is -10.4. The maximum atomic E-state index is 12.7. The summed E-state index contributed by atoms with van der Waals surface area (Å²) in [5, 5.41) is 3.10. The van der Waals surface area contributed by atoms with Crippen molar-refractivity contribution in [1.29, 1.82) is 0 Å². The van der Waals surface area contributed by atoms with Crippen molar-refractivity contribution < 1.29 is 31.1 Å². The van der Waals surface area contributed by atoms with Crippen LogP contribution in [0.2, 0.25) is 0 Å². The Hall–Kier alpha value is -1.00. The van der Waals surface area contributed by atoms with Gasteiger partial charge in [-0.2, -0.15) is 13.2 Å². The normalized spacial score (nSPS) is 18.2. The lowest BCUT2D eigenvalue weighted by Crippen LogP contribution is -2.45. The van der Waals surface area contributed by atoms with Crippen LogP contribution in [0.4, 0.5) is 26.3 Å². The zero-order valence-corrected chi connectivity index (χ0v) is 14.6. The number of nitrogens with one attached hydrogen (secondary N) is 1. The van der Waals surface area contributed by atoms with Gasteiger partial charge < -0.3 is 10.1 Å². The highest BCUT2D eigenvalue weighted by molar-refractivity contribution is 9.10. The Morgan fingerprint density at radius 2 is 1.72 bits per heavy atom. The molecule has 0 spiro atoms. The molecule has 1 N–H and O–H groups in total. The van der Waals surface area contributed by atoms with E-state index in [0.29, 0.717) is 36.2 Å². The molecule has 0 saturated carbocycles. The Morgan fingerprint density at radius 1 is 1.08 bits per heavy atom. The second-order valence-corrected chi connectivity index (χ2v) is 6.64. The number of alkyl halides is 6. The summed E-state index contributed by atoms with van der Waals surface area (Å²) < 4.78 is 79.6. The second kappa shape index (κ2) is 8.13. The molecular formula is C15H17BrF6N2O. The Bertz CT molecular complexity index is 572. The molecule has 2 rings (SSSR count). The first kappa shape index (κ1) is 20.3. The lowest BCUT2D eigenvalue weighted by molar-refractivity contribution is -0.274. The summed E-state index contributed by atoms with van der Waals surface area (Å²) >= 11 is 3.10. The molecule has 1 saturated heterocycles. The van der Waals surface area contributed by atoms with Gasteiger partial charge in [0.05, 0.1) is 0 Å². The summed E-state index contributed by atoms with van der Waals surface area (Å²) in [5.41, 5.74) is 0.361. The zero-order valence-electron chi connectivity index (χ0n) is 13.1. The van der Waals surface area contributed by atoms with Crippen LogP contribution in [-0.4, -0.2) is 43.6 Å². The van der Waals surface area contributed by atoms with E-state index in [0.717, 1.165) is 12.1 Å². The highest BCUT2D eigenvalue weighted by Gasteiger charge is 2.33. The van der Waals surface area contributed by atoms with Gasteiger partial charge in [-0.25, -0.2) is 0 Å². The van der Waals surface area contributed by atoms with E-state index in [-0.39, 0.29) is 6.42 Å². The van der Waals surface area contributed by atoms with Crippen molar-refractivity contribution in [3.8, 4) is 5.75 Å². The molecule has 1 aromatic rings. The van der Waals surface area contributed by atoms with Crippen LogP contribution in [-0.2, 0) is 0 Å². The SMILES string of the molecule is FC(F)(F)CC[C@H](c1cc(Br)cc(OC(F)(F)F)c1)N1CCNCC1. The van der Waals surface area contributed by atoms with Crippen molar-refractivity contribution in [3.63, 3.8) is 0 Å². The van der Waals surface area contributed by atoms with Gasteiger partial charge in [-0.3, -0.25) is 4.90 Å². The number of benzene rings is 1. The fourth-order valence-electron chi connectivity index (χ4n) is 2.82. The Kier molecular flexibility index (Phi) is 6.61. The Morgan fingerprint density at radius 3 is 2.28 bits per heavy atom. The van der Waals surface area contributed by atoms with Gasteiger partial charge in [0.1, 0.15) is 5.75 Å². The standard InChI is InChI=1S/C15H17BrF6N2O/c16-11-7-10(8-12(9-11)25-15(20,21)22)13(1-2-14(17,18)19)24-5-3-23-4-6-24/h7-9,13,23H,1-6H2/t13-/m1/s1. The average molecular weight is 435 g/mol. The summed E-state index contributed by atoms with van der Waals surface area (Å²) in [7, 11) is 0. The maximum Gasteiger partial charge on any atom is 0.573 e. The van der Waals surface area contributed by atoms with Crippen molar-refractivity contribution in [1.82, 2.24) is 10.2 Å². The number of hydrogen-bond donors (Lipinski definition) is 1. The molecule has 10 heteroatoms. The van der Waals surface area contributed by atoms with Crippen LogP contribution in [0.15, 0.2) is 22.7 Å². The van der Waals surface area contributed by atoms with Crippen molar-refractivity contribution in [2.75, 3.05) is 26.2 Å². The van der Waals surface area contributed by atoms with E-state index in [1.807, 2.05) is 4.90 Å². The van der Waals surface area contributed by atoms with E-state index in [1.165, 1.54) is 6.07 Å². The second-order valence-electron chi connectivity index (χ2n) is 5.72. The van der Waals surface area contributed by atoms with Gasteiger partial charge in [0.2, 0.25) is 0 Å². The molecule has 0 unspecified atom stereocenters. The smallest absolute Gasteiger partial charge is 0.406 e. The molecular weight excluding hydrogens is 418 g/mol. The Balaban J connectivity index is 2.28. The van der Waals surface area contributed by atoms with Crippen LogP contribution < -0.4 is 10.1 Å². The molecule has 3 nitrogen and oxygen atoms in total. The van der Waals surface area contributed by atoms with Crippen LogP contribution in [0.3, 0.4) is 0 Å². The number of ether oxygens (including phenoxy) is 1. The quantitative estimate of drug-likeness (QED) is 0.683. The highest BCUT2D eigenvalue weighted by atomic mass is 79.9. The molecule has 1 fully saturated rings. The largest absolute Gasteiger partial charge is 0.573 e. The minimum absolute atomic E-state index is 0.231. The minimum atomic E-state index is -4.87. The van der Waals surface area contributed by atoms with E-state index in [1.54, 1.807) is 0 Å². The number of nitrogens with zero attached hydrogens (tertiary/aromatic N) is 1. The molecule has 1 atom stereocenters. The monoisotopic (exact) mass is 434 g/mol. The lowest BCUT2D eigenvalue weighted by Gasteiger charge is -2.35. The Labute approximate surface area is 149 Å². The first-order valence-electron chi connectivity index (χ1n) is 7.61. The lowest BCUT2D eigenvalue weighted by atomic mass is 9.99. The summed E-state index contributed by atoms with van der Waals surface area (Å²) in [4.78, 5) is 1.85. The molecule has 1 aliphatic rings. The summed E-state index contributed by atoms with van der Waals surface area (Å²) in [6.45, 7) is 2.26. The third-order valence-electron chi connectivity index (χ3n) is 3.81. The average Bonchev–Trinajstić information content (AvgIpc) is 2.45. The predicted octanol–water partition coefficient (Wildman–Crippen LogP) is 4.64. The molecule has 0 amide bonds. The molecule has 1 aliphatic heterocycles. The summed E-state index contributed by atoms with van der Waals surface area (Å²) in [6, 6.07) is 3.18. The number of halogens is 7. The molecule has 0 bridgehead atoms. The number of hydrogen-bond acceptors (Lipinski definition) is 3.